The molecule has 1 unspecified atom stereocenters. The number of nitrogens with one attached hydrogen (secondary N) is 1. The molecule has 1 aromatic carbocycles. The molecule has 0 amide bonds. The molecule has 0 spiro atoms. The van der Waals surface area contributed by atoms with E-state index in [1.165, 1.54) is 18.4 Å². The molecular formula is C17H25NO3. The fourth-order valence-electron chi connectivity index (χ4n) is 2.70. The van der Waals surface area contributed by atoms with Gasteiger partial charge in [-0.05, 0) is 49.9 Å². The summed E-state index contributed by atoms with van der Waals surface area (Å²) in [7, 11) is 1.70. The molecule has 3 rings (SSSR count). The second kappa shape index (κ2) is 7.14. The molecule has 4 heteroatoms. The van der Waals surface area contributed by atoms with Gasteiger partial charge < -0.3 is 19.5 Å². The van der Waals surface area contributed by atoms with Crippen LogP contribution in [-0.2, 0) is 4.74 Å². The Morgan fingerprint density at radius 2 is 2.19 bits per heavy atom. The first kappa shape index (κ1) is 14.7. The first-order chi connectivity index (χ1) is 10.4. The van der Waals surface area contributed by atoms with Gasteiger partial charge in [0.05, 0.1) is 13.7 Å². The Morgan fingerprint density at radius 1 is 1.29 bits per heavy atom. The number of hydrogen-bond acceptors (Lipinski definition) is 4. The Hall–Kier alpha value is -1.26. The summed E-state index contributed by atoms with van der Waals surface area (Å²) in [5.41, 5.74) is 1.21. The van der Waals surface area contributed by atoms with E-state index in [-0.39, 0.29) is 0 Å². The van der Waals surface area contributed by atoms with E-state index in [0.29, 0.717) is 6.04 Å². The summed E-state index contributed by atoms with van der Waals surface area (Å²) < 4.78 is 16.7. The molecule has 0 radical (unpaired) electrons. The van der Waals surface area contributed by atoms with E-state index >= 15 is 0 Å². The molecule has 21 heavy (non-hydrogen) atoms. The van der Waals surface area contributed by atoms with Crippen molar-refractivity contribution in [2.24, 2.45) is 5.92 Å². The predicted molar refractivity (Wildman–Crippen MR) is 82.0 cm³/mol. The number of rotatable bonds is 8. The second-order valence-corrected chi connectivity index (χ2v) is 5.92. The van der Waals surface area contributed by atoms with E-state index < -0.39 is 0 Å². The molecule has 1 aliphatic heterocycles. The minimum atomic E-state index is 0.354. The summed E-state index contributed by atoms with van der Waals surface area (Å²) in [4.78, 5) is 0. The van der Waals surface area contributed by atoms with Crippen molar-refractivity contribution < 1.29 is 14.2 Å². The van der Waals surface area contributed by atoms with Crippen molar-refractivity contribution in [1.82, 2.24) is 5.32 Å². The van der Waals surface area contributed by atoms with Crippen LogP contribution in [-0.4, -0.2) is 33.5 Å². The Morgan fingerprint density at radius 3 is 3.00 bits per heavy atom. The van der Waals surface area contributed by atoms with Crippen molar-refractivity contribution in [2.75, 3.05) is 33.5 Å². The van der Waals surface area contributed by atoms with Crippen LogP contribution in [0.25, 0.3) is 0 Å². The van der Waals surface area contributed by atoms with Crippen molar-refractivity contribution in [2.45, 2.75) is 31.7 Å². The van der Waals surface area contributed by atoms with E-state index in [1.807, 2.05) is 12.1 Å². The zero-order chi connectivity index (χ0) is 14.5. The molecule has 1 saturated carbocycles. The van der Waals surface area contributed by atoms with Crippen molar-refractivity contribution >= 4 is 0 Å². The second-order valence-electron chi connectivity index (χ2n) is 5.92. The molecule has 1 N–H and O–H groups in total. The molecule has 4 nitrogen and oxygen atoms in total. The van der Waals surface area contributed by atoms with E-state index in [1.54, 1.807) is 7.11 Å². The number of ether oxygens (including phenoxy) is 3. The van der Waals surface area contributed by atoms with Crippen LogP contribution in [0.2, 0.25) is 0 Å². The van der Waals surface area contributed by atoms with Gasteiger partial charge in [0.25, 0.3) is 0 Å². The smallest absolute Gasteiger partial charge is 0.124 e. The topological polar surface area (TPSA) is 39.7 Å². The Balaban J connectivity index is 1.45. The molecule has 1 heterocycles. The van der Waals surface area contributed by atoms with Gasteiger partial charge in [0, 0.05) is 31.2 Å². The van der Waals surface area contributed by atoms with E-state index in [0.717, 1.165) is 56.6 Å². The highest BCUT2D eigenvalue weighted by Crippen LogP contribution is 2.34. The Bertz CT molecular complexity index is 459. The van der Waals surface area contributed by atoms with Crippen molar-refractivity contribution in [3.05, 3.63) is 23.8 Å². The minimum absolute atomic E-state index is 0.354. The van der Waals surface area contributed by atoms with Crippen LogP contribution in [0.15, 0.2) is 18.2 Å². The molecule has 1 aliphatic carbocycles. The lowest BCUT2D eigenvalue weighted by Gasteiger charge is -2.27. The van der Waals surface area contributed by atoms with Crippen LogP contribution >= 0.6 is 0 Å². The monoisotopic (exact) mass is 291 g/mol. The van der Waals surface area contributed by atoms with Crippen LogP contribution in [0, 0.1) is 5.92 Å². The molecule has 2 aliphatic rings. The normalized spacial score (nSPS) is 20.7. The summed E-state index contributed by atoms with van der Waals surface area (Å²) in [6.07, 6.45) is 4.78. The summed E-state index contributed by atoms with van der Waals surface area (Å²) in [5.74, 6) is 2.72. The maximum atomic E-state index is 5.71. The maximum Gasteiger partial charge on any atom is 0.124 e. The van der Waals surface area contributed by atoms with Gasteiger partial charge in [-0.1, -0.05) is 0 Å². The lowest BCUT2D eigenvalue weighted by molar-refractivity contribution is 0.121. The number of methoxy groups -OCH3 is 1. The molecule has 0 bridgehead atoms. The molecule has 0 saturated heterocycles. The number of hydrogen-bond donors (Lipinski definition) is 1. The average Bonchev–Trinajstić information content (AvgIpc) is 3.34. The summed E-state index contributed by atoms with van der Waals surface area (Å²) in [6, 6.07) is 6.39. The van der Waals surface area contributed by atoms with Crippen molar-refractivity contribution in [3.63, 3.8) is 0 Å². The standard InChI is InChI=1S/C17H25NO3/c1-19-14-5-6-17-15(11-14)16(7-10-21-17)18-8-2-9-20-12-13-3-4-13/h5-6,11,13,16,18H,2-4,7-10,12H2,1H3. The van der Waals surface area contributed by atoms with Gasteiger partial charge in [-0.25, -0.2) is 0 Å². The van der Waals surface area contributed by atoms with E-state index in [9.17, 15) is 0 Å². The SMILES string of the molecule is COc1ccc2c(c1)C(NCCCOCC1CC1)CCO2. The quantitative estimate of drug-likeness (QED) is 0.748. The van der Waals surface area contributed by atoms with Crippen LogP contribution < -0.4 is 14.8 Å². The van der Waals surface area contributed by atoms with E-state index in [2.05, 4.69) is 11.4 Å². The molecule has 0 aromatic heterocycles. The minimum Gasteiger partial charge on any atom is -0.497 e. The van der Waals surface area contributed by atoms with Crippen LogP contribution in [0.1, 0.15) is 37.3 Å². The van der Waals surface area contributed by atoms with Gasteiger partial charge in [0.15, 0.2) is 0 Å². The summed E-state index contributed by atoms with van der Waals surface area (Å²) in [5, 5.41) is 3.62. The third kappa shape index (κ3) is 4.11. The van der Waals surface area contributed by atoms with Crippen LogP contribution in [0.5, 0.6) is 11.5 Å². The zero-order valence-electron chi connectivity index (χ0n) is 12.8. The molecule has 1 fully saturated rings. The largest absolute Gasteiger partial charge is 0.497 e. The summed E-state index contributed by atoms with van der Waals surface area (Å²) >= 11 is 0. The molecule has 1 aromatic rings. The highest BCUT2D eigenvalue weighted by molar-refractivity contribution is 5.43. The Kier molecular flexibility index (Phi) is 4.99. The van der Waals surface area contributed by atoms with Crippen LogP contribution in [0.4, 0.5) is 0 Å². The highest BCUT2D eigenvalue weighted by Gasteiger charge is 2.22. The number of fused-ring (bicyclic) bond motifs is 1. The highest BCUT2D eigenvalue weighted by atomic mass is 16.5. The first-order valence-corrected chi connectivity index (χ1v) is 7.98. The lowest BCUT2D eigenvalue weighted by atomic mass is 10.00. The van der Waals surface area contributed by atoms with Gasteiger partial charge in [-0.2, -0.15) is 0 Å². The van der Waals surface area contributed by atoms with Crippen molar-refractivity contribution in [1.29, 1.82) is 0 Å². The van der Waals surface area contributed by atoms with Crippen molar-refractivity contribution in [3.8, 4) is 11.5 Å². The van der Waals surface area contributed by atoms with E-state index in [4.69, 9.17) is 14.2 Å². The number of benzene rings is 1. The molecule has 1 atom stereocenters. The fourth-order valence-corrected chi connectivity index (χ4v) is 2.70. The summed E-state index contributed by atoms with van der Waals surface area (Å²) in [6.45, 7) is 3.57. The van der Waals surface area contributed by atoms with Crippen LogP contribution in [0.3, 0.4) is 0 Å². The van der Waals surface area contributed by atoms with Gasteiger partial charge in [-0.3, -0.25) is 0 Å². The maximum absolute atomic E-state index is 5.71. The molecular weight excluding hydrogens is 266 g/mol. The van der Waals surface area contributed by atoms with Gasteiger partial charge >= 0.3 is 0 Å². The fraction of sp³-hybridized carbons (Fsp3) is 0.647. The first-order valence-electron chi connectivity index (χ1n) is 7.98. The predicted octanol–water partition coefficient (Wildman–Crippen LogP) is 2.93. The van der Waals surface area contributed by atoms with Gasteiger partial charge in [-0.15, -0.1) is 0 Å². The average molecular weight is 291 g/mol. The molecule has 116 valence electrons. The third-order valence-corrected chi connectivity index (χ3v) is 4.16. The lowest BCUT2D eigenvalue weighted by Crippen LogP contribution is -2.28. The Labute approximate surface area is 126 Å². The van der Waals surface area contributed by atoms with Gasteiger partial charge in [0.1, 0.15) is 11.5 Å². The third-order valence-electron chi connectivity index (χ3n) is 4.16. The van der Waals surface area contributed by atoms with Gasteiger partial charge in [0.2, 0.25) is 0 Å². The zero-order valence-corrected chi connectivity index (χ0v) is 12.8.